The summed E-state index contributed by atoms with van der Waals surface area (Å²) in [5.74, 6) is -2.16. The second-order valence-electron chi connectivity index (χ2n) is 3.34. The monoisotopic (exact) mass is 241 g/mol. The number of hydrogen-bond acceptors (Lipinski definition) is 5. The van der Waals surface area contributed by atoms with Crippen molar-refractivity contribution in [1.29, 1.82) is 0 Å². The molecular weight excluding hydrogens is 230 g/mol. The molecule has 0 aromatic carbocycles. The van der Waals surface area contributed by atoms with E-state index in [0.29, 0.717) is 0 Å². The number of aliphatic hydroxyl groups is 1. The summed E-state index contributed by atoms with van der Waals surface area (Å²) < 4.78 is 0. The molecule has 4 N–H and O–H groups in total. The van der Waals surface area contributed by atoms with E-state index < -0.39 is 29.6 Å². The number of aromatic nitrogens is 2. The summed E-state index contributed by atoms with van der Waals surface area (Å²) in [6.07, 6.45) is -1.25. The van der Waals surface area contributed by atoms with E-state index in [0.717, 1.165) is 12.1 Å². The van der Waals surface area contributed by atoms with Crippen LogP contribution in [0.25, 0.3) is 0 Å². The summed E-state index contributed by atoms with van der Waals surface area (Å²) in [5.41, 5.74) is -0.622. The Kier molecular flexibility index (Phi) is 3.94. The smallest absolute Gasteiger partial charge is 0.328 e. The van der Waals surface area contributed by atoms with Gasteiger partial charge in [-0.15, -0.1) is 0 Å². The van der Waals surface area contributed by atoms with Gasteiger partial charge in [-0.25, -0.2) is 9.89 Å². The highest BCUT2D eigenvalue weighted by atomic mass is 16.4. The zero-order valence-corrected chi connectivity index (χ0v) is 8.88. The molecule has 1 aromatic rings. The maximum Gasteiger partial charge on any atom is 0.328 e. The predicted molar refractivity (Wildman–Crippen MR) is 55.4 cm³/mol. The number of carbonyl (C=O) groups is 2. The first-order valence-corrected chi connectivity index (χ1v) is 4.69. The minimum absolute atomic E-state index is 0.142. The van der Waals surface area contributed by atoms with Crippen molar-refractivity contribution in [2.75, 3.05) is 0 Å². The van der Waals surface area contributed by atoms with Gasteiger partial charge >= 0.3 is 5.97 Å². The molecule has 1 amide bonds. The van der Waals surface area contributed by atoms with Crippen LogP contribution < -0.4 is 10.9 Å². The van der Waals surface area contributed by atoms with Crippen LogP contribution in [0.4, 0.5) is 0 Å². The number of aliphatic hydroxyl groups excluding tert-OH is 1. The molecule has 1 heterocycles. The third kappa shape index (κ3) is 3.38. The van der Waals surface area contributed by atoms with Crippen molar-refractivity contribution in [3.63, 3.8) is 0 Å². The molecule has 1 rings (SSSR count). The molecule has 0 bridgehead atoms. The Morgan fingerprint density at radius 2 is 2.12 bits per heavy atom. The molecule has 0 aliphatic rings. The average molecular weight is 241 g/mol. The first kappa shape index (κ1) is 12.8. The van der Waals surface area contributed by atoms with Crippen molar-refractivity contribution in [3.05, 3.63) is 28.2 Å². The summed E-state index contributed by atoms with van der Waals surface area (Å²) in [7, 11) is 0. The fraction of sp³-hybridized carbons (Fsp3) is 0.333. The Labute approximate surface area is 95.3 Å². The van der Waals surface area contributed by atoms with Gasteiger partial charge in [-0.2, -0.15) is 5.10 Å². The van der Waals surface area contributed by atoms with Gasteiger partial charge < -0.3 is 15.5 Å². The quantitative estimate of drug-likeness (QED) is 0.498. The van der Waals surface area contributed by atoms with Gasteiger partial charge in [-0.05, 0) is 13.0 Å². The molecule has 0 radical (unpaired) electrons. The third-order valence-corrected chi connectivity index (χ3v) is 1.95. The van der Waals surface area contributed by atoms with Gasteiger partial charge in [0.05, 0.1) is 6.10 Å². The predicted octanol–water partition coefficient (Wildman–Crippen LogP) is -1.67. The Balaban J connectivity index is 2.81. The van der Waals surface area contributed by atoms with Crippen LogP contribution in [-0.4, -0.2) is 44.4 Å². The lowest BCUT2D eigenvalue weighted by Gasteiger charge is -2.16. The summed E-state index contributed by atoms with van der Waals surface area (Å²) >= 11 is 0. The van der Waals surface area contributed by atoms with Gasteiger partial charge in [0.1, 0.15) is 5.69 Å². The zero-order valence-electron chi connectivity index (χ0n) is 8.88. The van der Waals surface area contributed by atoms with E-state index >= 15 is 0 Å². The van der Waals surface area contributed by atoms with Crippen LogP contribution in [0.2, 0.25) is 0 Å². The van der Waals surface area contributed by atoms with Crippen molar-refractivity contribution >= 4 is 11.9 Å². The number of carboxylic acids is 1. The van der Waals surface area contributed by atoms with E-state index in [2.05, 4.69) is 10.4 Å². The molecule has 17 heavy (non-hydrogen) atoms. The van der Waals surface area contributed by atoms with E-state index in [1.54, 1.807) is 0 Å². The second-order valence-corrected chi connectivity index (χ2v) is 3.34. The van der Waals surface area contributed by atoms with Crippen LogP contribution in [0, 0.1) is 0 Å². The van der Waals surface area contributed by atoms with Crippen LogP contribution in [0.5, 0.6) is 0 Å². The molecule has 0 spiro atoms. The van der Waals surface area contributed by atoms with Gasteiger partial charge in [-0.3, -0.25) is 9.59 Å². The van der Waals surface area contributed by atoms with Gasteiger partial charge in [0, 0.05) is 6.07 Å². The summed E-state index contributed by atoms with van der Waals surface area (Å²) in [4.78, 5) is 32.9. The number of amides is 1. The minimum atomic E-state index is -1.43. The average Bonchev–Trinajstić information content (AvgIpc) is 2.25. The van der Waals surface area contributed by atoms with Crippen molar-refractivity contribution < 1.29 is 19.8 Å². The molecular formula is C9H11N3O5. The van der Waals surface area contributed by atoms with E-state index in [1.165, 1.54) is 6.92 Å². The third-order valence-electron chi connectivity index (χ3n) is 1.95. The first-order valence-electron chi connectivity index (χ1n) is 4.69. The standard InChI is InChI=1S/C9H11N3O5/c1-4(13)7(9(16)17)10-8(15)5-2-3-6(14)12-11-5/h2-4,7,13H,1H3,(H,10,15)(H,12,14)(H,16,17). The normalized spacial score (nSPS) is 13.8. The van der Waals surface area contributed by atoms with Crippen LogP contribution in [0.15, 0.2) is 16.9 Å². The van der Waals surface area contributed by atoms with E-state index in [4.69, 9.17) is 10.2 Å². The van der Waals surface area contributed by atoms with Crippen molar-refractivity contribution in [2.24, 2.45) is 0 Å². The molecule has 8 heteroatoms. The van der Waals surface area contributed by atoms with Gasteiger partial charge in [0.2, 0.25) is 0 Å². The van der Waals surface area contributed by atoms with Crippen molar-refractivity contribution in [1.82, 2.24) is 15.5 Å². The number of nitrogens with zero attached hydrogens (tertiary/aromatic N) is 1. The number of aliphatic carboxylic acids is 1. The van der Waals surface area contributed by atoms with Crippen LogP contribution in [-0.2, 0) is 4.79 Å². The minimum Gasteiger partial charge on any atom is -0.480 e. The first-order chi connectivity index (χ1) is 7.91. The maximum absolute atomic E-state index is 11.5. The zero-order chi connectivity index (χ0) is 13.0. The lowest BCUT2D eigenvalue weighted by Crippen LogP contribution is -2.47. The Bertz CT molecular complexity index is 461. The molecule has 0 aliphatic carbocycles. The molecule has 0 saturated carbocycles. The van der Waals surface area contributed by atoms with Gasteiger partial charge in [-0.1, -0.05) is 0 Å². The number of nitrogens with one attached hydrogen (secondary N) is 2. The lowest BCUT2D eigenvalue weighted by molar-refractivity contribution is -0.141. The number of hydrogen-bond donors (Lipinski definition) is 4. The number of aromatic amines is 1. The van der Waals surface area contributed by atoms with E-state index in [1.807, 2.05) is 5.10 Å². The highest BCUT2D eigenvalue weighted by Gasteiger charge is 2.25. The van der Waals surface area contributed by atoms with E-state index in [9.17, 15) is 14.4 Å². The number of H-pyrrole nitrogens is 1. The van der Waals surface area contributed by atoms with Crippen LogP contribution in [0.3, 0.4) is 0 Å². The summed E-state index contributed by atoms with van der Waals surface area (Å²) in [6.45, 7) is 1.24. The summed E-state index contributed by atoms with van der Waals surface area (Å²) in [6, 6.07) is 0.797. The highest BCUT2D eigenvalue weighted by molar-refractivity contribution is 5.94. The molecule has 0 saturated heterocycles. The number of carboxylic acid groups (broad SMARTS) is 1. The molecule has 8 nitrogen and oxygen atoms in total. The van der Waals surface area contributed by atoms with Crippen LogP contribution >= 0.6 is 0 Å². The molecule has 0 fully saturated rings. The van der Waals surface area contributed by atoms with Crippen LogP contribution in [0.1, 0.15) is 17.4 Å². The van der Waals surface area contributed by atoms with Crippen molar-refractivity contribution in [3.8, 4) is 0 Å². The Morgan fingerprint density at radius 1 is 1.47 bits per heavy atom. The number of carbonyl (C=O) groups excluding carboxylic acids is 1. The van der Waals surface area contributed by atoms with E-state index in [-0.39, 0.29) is 5.69 Å². The Morgan fingerprint density at radius 3 is 2.53 bits per heavy atom. The fourth-order valence-electron chi connectivity index (χ4n) is 1.07. The molecule has 92 valence electrons. The molecule has 1 aromatic heterocycles. The van der Waals surface area contributed by atoms with Gasteiger partial charge in [0.25, 0.3) is 11.5 Å². The molecule has 0 aliphatic heterocycles. The van der Waals surface area contributed by atoms with Gasteiger partial charge in [0.15, 0.2) is 6.04 Å². The second kappa shape index (κ2) is 5.21. The lowest BCUT2D eigenvalue weighted by atomic mass is 10.2. The highest BCUT2D eigenvalue weighted by Crippen LogP contribution is 1.96. The topological polar surface area (TPSA) is 132 Å². The molecule has 2 atom stereocenters. The maximum atomic E-state index is 11.5. The SMILES string of the molecule is CC(O)C(NC(=O)c1ccc(=O)[nH]n1)C(=O)O. The number of rotatable bonds is 4. The fourth-order valence-corrected chi connectivity index (χ4v) is 1.07. The molecule has 2 unspecified atom stereocenters. The van der Waals surface area contributed by atoms with Crippen molar-refractivity contribution in [2.45, 2.75) is 19.1 Å². The Hall–Kier alpha value is -2.22. The largest absolute Gasteiger partial charge is 0.480 e. The summed E-state index contributed by atoms with van der Waals surface area (Å²) in [5, 5.41) is 25.4.